The second kappa shape index (κ2) is 3.80. The van der Waals surface area contributed by atoms with Gasteiger partial charge in [-0.1, -0.05) is 6.07 Å². The average Bonchev–Trinajstić information content (AvgIpc) is 2.76. The molecule has 6 heteroatoms. The van der Waals surface area contributed by atoms with Crippen molar-refractivity contribution in [2.24, 2.45) is 20.7 Å². The molecule has 1 aromatic carbocycles. The molecule has 0 aromatic heterocycles. The number of benzene rings is 1. The standard InChI is InChI=1S/C10H10N4O2/c1-10(11-13-14-12-10)8-3-4-9(16-2)7(5-8)6-15/h3-6H,1-2H3. The van der Waals surface area contributed by atoms with Gasteiger partial charge < -0.3 is 4.74 Å². The minimum Gasteiger partial charge on any atom is -0.496 e. The van der Waals surface area contributed by atoms with Crippen LogP contribution < -0.4 is 4.74 Å². The van der Waals surface area contributed by atoms with E-state index in [1.807, 2.05) is 0 Å². The van der Waals surface area contributed by atoms with Crippen LogP contribution in [-0.2, 0) is 5.66 Å². The van der Waals surface area contributed by atoms with Crippen molar-refractivity contribution in [3.8, 4) is 5.75 Å². The molecule has 0 unspecified atom stereocenters. The van der Waals surface area contributed by atoms with Crippen LogP contribution in [0.4, 0.5) is 0 Å². The second-order valence-corrected chi connectivity index (χ2v) is 3.47. The summed E-state index contributed by atoms with van der Waals surface area (Å²) in [6.07, 6.45) is 0.731. The van der Waals surface area contributed by atoms with Crippen molar-refractivity contribution in [1.29, 1.82) is 0 Å². The Bertz CT molecular complexity index is 470. The summed E-state index contributed by atoms with van der Waals surface area (Å²) in [5.74, 6) is 0.522. The van der Waals surface area contributed by atoms with Gasteiger partial charge in [-0.3, -0.25) is 4.79 Å². The third kappa shape index (κ3) is 1.58. The molecule has 1 aliphatic rings. The molecule has 6 nitrogen and oxygen atoms in total. The summed E-state index contributed by atoms with van der Waals surface area (Å²) in [5, 5.41) is 14.8. The number of nitrogens with zero attached hydrogens (tertiary/aromatic N) is 4. The molecule has 0 spiro atoms. The summed E-state index contributed by atoms with van der Waals surface area (Å²) in [7, 11) is 1.51. The predicted octanol–water partition coefficient (Wildman–Crippen LogP) is 2.51. The highest BCUT2D eigenvalue weighted by Crippen LogP contribution is 2.33. The molecule has 0 fully saturated rings. The smallest absolute Gasteiger partial charge is 0.217 e. The van der Waals surface area contributed by atoms with Crippen molar-refractivity contribution < 1.29 is 9.53 Å². The zero-order valence-electron chi connectivity index (χ0n) is 8.91. The van der Waals surface area contributed by atoms with Gasteiger partial charge in [0.05, 0.1) is 12.7 Å². The van der Waals surface area contributed by atoms with Crippen molar-refractivity contribution >= 4 is 6.29 Å². The molecule has 0 saturated heterocycles. The summed E-state index contributed by atoms with van der Waals surface area (Å²) in [6, 6.07) is 5.16. The highest BCUT2D eigenvalue weighted by Gasteiger charge is 2.29. The SMILES string of the molecule is COc1ccc(C2(C)N=NN=N2)cc1C=O. The van der Waals surface area contributed by atoms with Crippen LogP contribution >= 0.6 is 0 Å². The maximum absolute atomic E-state index is 10.9. The van der Waals surface area contributed by atoms with Crippen molar-refractivity contribution in [3.05, 3.63) is 29.3 Å². The zero-order valence-corrected chi connectivity index (χ0v) is 8.91. The van der Waals surface area contributed by atoms with Crippen molar-refractivity contribution in [2.45, 2.75) is 12.6 Å². The number of ether oxygens (including phenoxy) is 1. The predicted molar refractivity (Wildman–Crippen MR) is 55.4 cm³/mol. The fraction of sp³-hybridized carbons (Fsp3) is 0.300. The van der Waals surface area contributed by atoms with E-state index >= 15 is 0 Å². The molecule has 0 atom stereocenters. The lowest BCUT2D eigenvalue weighted by Gasteiger charge is -2.15. The molecule has 16 heavy (non-hydrogen) atoms. The number of aldehydes is 1. The summed E-state index contributed by atoms with van der Waals surface area (Å²) < 4.78 is 5.05. The van der Waals surface area contributed by atoms with Crippen LogP contribution in [0.2, 0.25) is 0 Å². The maximum atomic E-state index is 10.9. The summed E-state index contributed by atoms with van der Waals surface area (Å²) in [6.45, 7) is 1.77. The first-order chi connectivity index (χ1) is 7.69. The zero-order chi connectivity index (χ0) is 11.6. The van der Waals surface area contributed by atoms with E-state index in [0.717, 1.165) is 11.8 Å². The van der Waals surface area contributed by atoms with E-state index < -0.39 is 5.66 Å². The molecule has 0 amide bonds. The summed E-state index contributed by atoms with van der Waals surface area (Å²) in [5.41, 5.74) is 0.378. The van der Waals surface area contributed by atoms with Gasteiger partial charge in [0.25, 0.3) is 0 Å². The molecule has 2 rings (SSSR count). The monoisotopic (exact) mass is 218 g/mol. The Morgan fingerprint density at radius 3 is 2.56 bits per heavy atom. The molecule has 82 valence electrons. The Kier molecular flexibility index (Phi) is 2.47. The van der Waals surface area contributed by atoms with Crippen LogP contribution in [0.15, 0.2) is 38.9 Å². The topological polar surface area (TPSA) is 75.7 Å². The van der Waals surface area contributed by atoms with E-state index in [9.17, 15) is 4.79 Å². The molecule has 0 bridgehead atoms. The first-order valence-corrected chi connectivity index (χ1v) is 4.67. The second-order valence-electron chi connectivity index (χ2n) is 3.47. The van der Waals surface area contributed by atoms with Crippen LogP contribution in [0.25, 0.3) is 0 Å². The van der Waals surface area contributed by atoms with Crippen molar-refractivity contribution in [2.75, 3.05) is 7.11 Å². The van der Waals surface area contributed by atoms with Crippen LogP contribution in [0.1, 0.15) is 22.8 Å². The van der Waals surface area contributed by atoms with Crippen molar-refractivity contribution in [3.63, 3.8) is 0 Å². The Hall–Kier alpha value is -2.11. The van der Waals surface area contributed by atoms with Gasteiger partial charge in [0.2, 0.25) is 5.66 Å². The molecular formula is C10H10N4O2. The Morgan fingerprint density at radius 1 is 1.31 bits per heavy atom. The molecule has 0 aliphatic carbocycles. The van der Waals surface area contributed by atoms with E-state index in [0.29, 0.717) is 11.3 Å². The van der Waals surface area contributed by atoms with Gasteiger partial charge in [-0.15, -0.1) is 10.2 Å². The molecule has 1 aromatic rings. The minimum absolute atomic E-state index is 0.457. The van der Waals surface area contributed by atoms with Gasteiger partial charge in [0, 0.05) is 5.56 Å². The number of rotatable bonds is 3. The quantitative estimate of drug-likeness (QED) is 0.731. The maximum Gasteiger partial charge on any atom is 0.217 e. The third-order valence-corrected chi connectivity index (χ3v) is 2.42. The van der Waals surface area contributed by atoms with Crippen LogP contribution in [0.5, 0.6) is 5.75 Å². The Morgan fingerprint density at radius 2 is 2.00 bits per heavy atom. The number of hydrogen-bond acceptors (Lipinski definition) is 6. The van der Waals surface area contributed by atoms with E-state index in [4.69, 9.17) is 4.74 Å². The van der Waals surface area contributed by atoms with E-state index in [1.165, 1.54) is 7.11 Å². The van der Waals surface area contributed by atoms with E-state index in [-0.39, 0.29) is 0 Å². The van der Waals surface area contributed by atoms with E-state index in [2.05, 4.69) is 20.7 Å². The molecule has 0 radical (unpaired) electrons. The molecular weight excluding hydrogens is 208 g/mol. The van der Waals surface area contributed by atoms with E-state index in [1.54, 1.807) is 25.1 Å². The van der Waals surface area contributed by atoms with Gasteiger partial charge in [0.15, 0.2) is 6.29 Å². The molecule has 0 N–H and O–H groups in total. The first kappa shape index (κ1) is 10.4. The average molecular weight is 218 g/mol. The lowest BCUT2D eigenvalue weighted by molar-refractivity contribution is 0.112. The molecule has 1 heterocycles. The lowest BCUT2D eigenvalue weighted by Crippen LogP contribution is -2.13. The fourth-order valence-corrected chi connectivity index (χ4v) is 1.47. The third-order valence-electron chi connectivity index (χ3n) is 2.42. The van der Waals surface area contributed by atoms with Gasteiger partial charge in [-0.2, -0.15) is 0 Å². The number of carbonyl (C=O) groups is 1. The van der Waals surface area contributed by atoms with Gasteiger partial charge in [-0.25, -0.2) is 0 Å². The van der Waals surface area contributed by atoms with Crippen LogP contribution in [-0.4, -0.2) is 13.4 Å². The number of carbonyl (C=O) groups excluding carboxylic acids is 1. The molecule has 0 saturated carbocycles. The fourth-order valence-electron chi connectivity index (χ4n) is 1.47. The van der Waals surface area contributed by atoms with Crippen LogP contribution in [0.3, 0.4) is 0 Å². The van der Waals surface area contributed by atoms with Crippen molar-refractivity contribution in [1.82, 2.24) is 0 Å². The van der Waals surface area contributed by atoms with Gasteiger partial charge in [0.1, 0.15) is 5.75 Å². The van der Waals surface area contributed by atoms with Gasteiger partial charge >= 0.3 is 0 Å². The Labute approximate surface area is 92.0 Å². The van der Waals surface area contributed by atoms with Crippen LogP contribution in [0, 0.1) is 0 Å². The Balaban J connectivity index is 2.48. The van der Waals surface area contributed by atoms with Gasteiger partial charge in [-0.05, 0) is 29.5 Å². The largest absolute Gasteiger partial charge is 0.496 e. The normalized spacial score (nSPS) is 16.4. The number of hydrogen-bond donors (Lipinski definition) is 0. The first-order valence-electron chi connectivity index (χ1n) is 4.67. The highest BCUT2D eigenvalue weighted by atomic mass is 16.5. The lowest BCUT2D eigenvalue weighted by atomic mass is 10.0. The number of methoxy groups -OCH3 is 1. The molecule has 1 aliphatic heterocycles. The highest BCUT2D eigenvalue weighted by molar-refractivity contribution is 5.79. The minimum atomic E-state index is -0.829. The summed E-state index contributed by atoms with van der Waals surface area (Å²) in [4.78, 5) is 10.9. The summed E-state index contributed by atoms with van der Waals surface area (Å²) >= 11 is 0.